The van der Waals surface area contributed by atoms with Crippen LogP contribution in [0.2, 0.25) is 0 Å². The summed E-state index contributed by atoms with van der Waals surface area (Å²) in [5.41, 5.74) is 5.73. The van der Waals surface area contributed by atoms with Crippen LogP contribution >= 0.6 is 11.3 Å². The van der Waals surface area contributed by atoms with Gasteiger partial charge in [0, 0.05) is 10.9 Å². The van der Waals surface area contributed by atoms with Crippen molar-refractivity contribution >= 4 is 28.7 Å². The molecule has 0 bridgehead atoms. The lowest BCUT2D eigenvalue weighted by atomic mass is 10.2. The highest BCUT2D eigenvalue weighted by molar-refractivity contribution is 7.14. The van der Waals surface area contributed by atoms with E-state index in [2.05, 4.69) is 15.5 Å². The molecule has 7 heteroatoms. The van der Waals surface area contributed by atoms with Gasteiger partial charge in [-0.1, -0.05) is 44.2 Å². The van der Waals surface area contributed by atoms with Gasteiger partial charge >= 0.3 is 5.97 Å². The van der Waals surface area contributed by atoms with Crippen LogP contribution in [-0.2, 0) is 4.79 Å². The molecular weight excluding hydrogens is 386 g/mol. The van der Waals surface area contributed by atoms with Gasteiger partial charge in [-0.15, -0.1) is 11.3 Å². The van der Waals surface area contributed by atoms with Crippen molar-refractivity contribution in [2.45, 2.75) is 20.8 Å². The molecule has 1 aromatic heterocycles. The molecule has 1 N–H and O–H groups in total. The summed E-state index contributed by atoms with van der Waals surface area (Å²) in [6.07, 6.45) is 1.67. The Hall–Kier alpha value is -3.19. The SMILES string of the molecule is CCOc1cc(C=NNc2nc(-c3ccccc3)cs2)ccc1OC(=O)C(C)C. The Labute approximate surface area is 174 Å². The molecule has 0 amide bonds. The second-order valence-electron chi connectivity index (χ2n) is 6.49. The van der Waals surface area contributed by atoms with Crippen LogP contribution in [0.15, 0.2) is 59.0 Å². The van der Waals surface area contributed by atoms with Crippen LogP contribution in [0.1, 0.15) is 26.3 Å². The molecule has 3 rings (SSSR count). The largest absolute Gasteiger partial charge is 0.490 e. The molecule has 3 aromatic rings. The fourth-order valence-electron chi connectivity index (χ4n) is 2.41. The first kappa shape index (κ1) is 20.5. The highest BCUT2D eigenvalue weighted by Gasteiger charge is 2.14. The van der Waals surface area contributed by atoms with Crippen molar-refractivity contribution in [1.82, 2.24) is 4.98 Å². The number of anilines is 1. The Morgan fingerprint density at radius 1 is 1.21 bits per heavy atom. The zero-order valence-corrected chi connectivity index (χ0v) is 17.4. The van der Waals surface area contributed by atoms with E-state index in [9.17, 15) is 4.79 Å². The molecule has 0 saturated carbocycles. The van der Waals surface area contributed by atoms with E-state index in [1.165, 1.54) is 11.3 Å². The maximum Gasteiger partial charge on any atom is 0.313 e. The van der Waals surface area contributed by atoms with E-state index in [0.717, 1.165) is 16.8 Å². The molecule has 0 unspecified atom stereocenters. The number of benzene rings is 2. The van der Waals surface area contributed by atoms with E-state index in [-0.39, 0.29) is 11.9 Å². The molecule has 1 heterocycles. The number of ether oxygens (including phenoxy) is 2. The van der Waals surface area contributed by atoms with Crippen LogP contribution in [0, 0.1) is 5.92 Å². The predicted octanol–water partition coefficient (Wildman–Crippen LogP) is 5.22. The zero-order valence-electron chi connectivity index (χ0n) is 16.6. The van der Waals surface area contributed by atoms with Gasteiger partial charge in [0.1, 0.15) is 0 Å². The van der Waals surface area contributed by atoms with E-state index in [1.807, 2.05) is 48.7 Å². The Bertz CT molecular complexity index is 984. The monoisotopic (exact) mass is 409 g/mol. The van der Waals surface area contributed by atoms with Crippen molar-refractivity contribution in [2.24, 2.45) is 11.0 Å². The molecule has 0 radical (unpaired) electrons. The maximum atomic E-state index is 11.9. The van der Waals surface area contributed by atoms with E-state index in [4.69, 9.17) is 9.47 Å². The zero-order chi connectivity index (χ0) is 20.6. The minimum Gasteiger partial charge on any atom is -0.490 e. The summed E-state index contributed by atoms with van der Waals surface area (Å²) in [6, 6.07) is 15.3. The summed E-state index contributed by atoms with van der Waals surface area (Å²) in [6.45, 7) is 5.92. The molecule has 0 spiro atoms. The first-order valence-corrected chi connectivity index (χ1v) is 10.2. The van der Waals surface area contributed by atoms with E-state index in [0.29, 0.717) is 23.2 Å². The van der Waals surface area contributed by atoms with E-state index in [1.54, 1.807) is 32.2 Å². The van der Waals surface area contributed by atoms with Gasteiger partial charge in [-0.25, -0.2) is 4.98 Å². The predicted molar refractivity (Wildman–Crippen MR) is 117 cm³/mol. The van der Waals surface area contributed by atoms with Gasteiger partial charge in [-0.3, -0.25) is 10.2 Å². The number of rotatable bonds is 8. The topological polar surface area (TPSA) is 72.8 Å². The normalized spacial score (nSPS) is 11.0. The van der Waals surface area contributed by atoms with Crippen molar-refractivity contribution in [1.29, 1.82) is 0 Å². The quantitative estimate of drug-likeness (QED) is 0.239. The second-order valence-corrected chi connectivity index (χ2v) is 7.35. The third kappa shape index (κ3) is 5.65. The summed E-state index contributed by atoms with van der Waals surface area (Å²) in [5, 5.41) is 6.93. The molecule has 2 aromatic carbocycles. The third-order valence-electron chi connectivity index (χ3n) is 3.90. The first-order valence-electron chi connectivity index (χ1n) is 9.35. The number of hydrazone groups is 1. The lowest BCUT2D eigenvalue weighted by molar-refractivity contribution is -0.137. The number of aromatic nitrogens is 1. The van der Waals surface area contributed by atoms with E-state index < -0.39 is 0 Å². The fourth-order valence-corrected chi connectivity index (χ4v) is 3.08. The lowest BCUT2D eigenvalue weighted by Crippen LogP contribution is -2.15. The molecule has 0 saturated heterocycles. The molecule has 0 aliphatic carbocycles. The van der Waals surface area contributed by atoms with Gasteiger partial charge in [-0.05, 0) is 30.7 Å². The molecule has 0 aliphatic heterocycles. The summed E-state index contributed by atoms with van der Waals surface area (Å²) in [5.74, 6) is 0.398. The van der Waals surface area contributed by atoms with Crippen LogP contribution < -0.4 is 14.9 Å². The van der Waals surface area contributed by atoms with Crippen molar-refractivity contribution < 1.29 is 14.3 Å². The third-order valence-corrected chi connectivity index (χ3v) is 4.64. The Kier molecular flexibility index (Phi) is 6.97. The van der Waals surface area contributed by atoms with E-state index >= 15 is 0 Å². The molecule has 29 heavy (non-hydrogen) atoms. The van der Waals surface area contributed by atoms with Crippen molar-refractivity contribution in [3.63, 3.8) is 0 Å². The summed E-state index contributed by atoms with van der Waals surface area (Å²) < 4.78 is 11.0. The number of carbonyl (C=O) groups excluding carboxylic acids is 1. The average Bonchev–Trinajstić information content (AvgIpc) is 3.19. The number of thiazole rings is 1. The molecule has 150 valence electrons. The van der Waals surface area contributed by atoms with Gasteiger partial charge in [0.15, 0.2) is 11.5 Å². The Morgan fingerprint density at radius 3 is 2.72 bits per heavy atom. The standard InChI is InChI=1S/C22H23N3O3S/c1-4-27-20-12-16(10-11-19(20)28-21(26)15(2)3)13-23-25-22-24-18(14-29-22)17-8-6-5-7-9-17/h5-15H,4H2,1-3H3,(H,24,25). The minimum atomic E-state index is -0.299. The maximum absolute atomic E-state index is 11.9. The van der Waals surface area contributed by atoms with Crippen LogP contribution in [0.25, 0.3) is 11.3 Å². The lowest BCUT2D eigenvalue weighted by Gasteiger charge is -2.12. The number of esters is 1. The molecule has 6 nitrogen and oxygen atoms in total. The number of carbonyl (C=O) groups is 1. The van der Waals surface area contributed by atoms with Gasteiger partial charge in [0.25, 0.3) is 0 Å². The van der Waals surface area contributed by atoms with Crippen LogP contribution in [-0.4, -0.2) is 23.8 Å². The summed E-state index contributed by atoms with van der Waals surface area (Å²) in [7, 11) is 0. The molecule has 0 fully saturated rings. The van der Waals surface area contributed by atoms with Crippen LogP contribution in [0.4, 0.5) is 5.13 Å². The summed E-state index contributed by atoms with van der Waals surface area (Å²) in [4.78, 5) is 16.4. The van der Waals surface area contributed by atoms with Crippen molar-refractivity contribution in [3.8, 4) is 22.8 Å². The highest BCUT2D eigenvalue weighted by atomic mass is 32.1. The second kappa shape index (κ2) is 9.84. The Balaban J connectivity index is 1.68. The highest BCUT2D eigenvalue weighted by Crippen LogP contribution is 2.29. The van der Waals surface area contributed by atoms with Crippen LogP contribution in [0.3, 0.4) is 0 Å². The summed E-state index contributed by atoms with van der Waals surface area (Å²) >= 11 is 1.48. The fraction of sp³-hybridized carbons (Fsp3) is 0.227. The first-order chi connectivity index (χ1) is 14.1. The van der Waals surface area contributed by atoms with Crippen molar-refractivity contribution in [2.75, 3.05) is 12.0 Å². The average molecular weight is 410 g/mol. The van der Waals surface area contributed by atoms with Gasteiger partial charge in [-0.2, -0.15) is 5.10 Å². The van der Waals surface area contributed by atoms with Gasteiger partial charge in [0.05, 0.1) is 24.4 Å². The number of nitrogens with one attached hydrogen (secondary N) is 1. The van der Waals surface area contributed by atoms with Crippen molar-refractivity contribution in [3.05, 3.63) is 59.5 Å². The molecule has 0 aliphatic rings. The number of hydrogen-bond acceptors (Lipinski definition) is 7. The van der Waals surface area contributed by atoms with Gasteiger partial charge in [0.2, 0.25) is 5.13 Å². The van der Waals surface area contributed by atoms with Crippen LogP contribution in [0.5, 0.6) is 11.5 Å². The number of nitrogens with zero attached hydrogens (tertiary/aromatic N) is 2. The molecule has 0 atom stereocenters. The Morgan fingerprint density at radius 2 is 2.00 bits per heavy atom. The number of hydrogen-bond donors (Lipinski definition) is 1. The minimum absolute atomic E-state index is 0.214. The molecular formula is C22H23N3O3S. The van der Waals surface area contributed by atoms with Gasteiger partial charge < -0.3 is 9.47 Å². The smallest absolute Gasteiger partial charge is 0.313 e.